The van der Waals surface area contributed by atoms with Gasteiger partial charge in [-0.15, -0.1) is 11.3 Å². The third-order valence-corrected chi connectivity index (χ3v) is 4.77. The van der Waals surface area contributed by atoms with Crippen LogP contribution in [-0.2, 0) is 9.53 Å². The molecule has 7 heteroatoms. The van der Waals surface area contributed by atoms with Crippen molar-refractivity contribution in [3.05, 3.63) is 75.3 Å². The molecule has 0 bridgehead atoms. The topological polar surface area (TPSA) is 81.4 Å². The average Bonchev–Trinajstić information content (AvgIpc) is 3.28. The van der Waals surface area contributed by atoms with E-state index in [0.717, 1.165) is 10.4 Å². The van der Waals surface area contributed by atoms with Crippen molar-refractivity contribution in [3.8, 4) is 0 Å². The molecule has 0 radical (unpaired) electrons. The van der Waals surface area contributed by atoms with Crippen LogP contribution in [0.5, 0.6) is 0 Å². The zero-order valence-electron chi connectivity index (χ0n) is 14.4. The van der Waals surface area contributed by atoms with Gasteiger partial charge < -0.3 is 14.6 Å². The van der Waals surface area contributed by atoms with Gasteiger partial charge in [0, 0.05) is 4.88 Å². The first-order chi connectivity index (χ1) is 12.6. The van der Waals surface area contributed by atoms with Crippen LogP contribution < -0.4 is 5.32 Å². The number of esters is 1. The maximum atomic E-state index is 12.3. The van der Waals surface area contributed by atoms with Gasteiger partial charge in [0.05, 0.1) is 11.7 Å². The second-order valence-electron chi connectivity index (χ2n) is 5.70. The first-order valence-corrected chi connectivity index (χ1v) is 8.92. The van der Waals surface area contributed by atoms with Gasteiger partial charge in [-0.05, 0) is 30.9 Å². The molecule has 1 N–H and O–H groups in total. The van der Waals surface area contributed by atoms with Gasteiger partial charge in [-0.3, -0.25) is 4.79 Å². The van der Waals surface area contributed by atoms with E-state index >= 15 is 0 Å². The molecule has 2 aromatic heterocycles. The maximum absolute atomic E-state index is 12.3. The van der Waals surface area contributed by atoms with E-state index in [2.05, 4.69) is 10.5 Å². The van der Waals surface area contributed by atoms with Gasteiger partial charge >= 0.3 is 5.97 Å². The minimum Gasteiger partial charge on any atom is -0.452 e. The highest BCUT2D eigenvalue weighted by atomic mass is 32.1. The summed E-state index contributed by atoms with van der Waals surface area (Å²) in [6.45, 7) is 2.89. The van der Waals surface area contributed by atoms with Gasteiger partial charge in [0.25, 0.3) is 5.91 Å². The fraction of sp³-hybridized carbons (Fsp3) is 0.211. The lowest BCUT2D eigenvalue weighted by molar-refractivity contribution is -0.124. The quantitative estimate of drug-likeness (QED) is 0.673. The molecule has 1 aromatic carbocycles. The number of rotatable bonds is 6. The van der Waals surface area contributed by atoms with E-state index in [-0.39, 0.29) is 24.1 Å². The normalized spacial score (nSPS) is 11.8. The second-order valence-corrected chi connectivity index (χ2v) is 6.68. The minimum absolute atomic E-state index is 0.260. The molecule has 1 unspecified atom stereocenters. The molecule has 2 heterocycles. The molecule has 0 aliphatic heterocycles. The Hall–Kier alpha value is -2.93. The summed E-state index contributed by atoms with van der Waals surface area (Å²) in [4.78, 5) is 25.5. The highest BCUT2D eigenvalue weighted by Gasteiger charge is 2.22. The van der Waals surface area contributed by atoms with Crippen molar-refractivity contribution in [1.82, 2.24) is 10.5 Å². The van der Waals surface area contributed by atoms with E-state index in [4.69, 9.17) is 9.26 Å². The average molecular weight is 370 g/mol. The molecular weight excluding hydrogens is 352 g/mol. The van der Waals surface area contributed by atoms with Gasteiger partial charge in [0.1, 0.15) is 11.3 Å². The zero-order chi connectivity index (χ0) is 18.5. The molecule has 0 saturated carbocycles. The van der Waals surface area contributed by atoms with Gasteiger partial charge in [0.2, 0.25) is 0 Å². The predicted octanol–water partition coefficient (Wildman–Crippen LogP) is 3.42. The molecule has 6 nitrogen and oxygen atoms in total. The van der Waals surface area contributed by atoms with Crippen LogP contribution >= 0.6 is 11.3 Å². The lowest BCUT2D eigenvalue weighted by atomic mass is 10.1. The number of amides is 1. The van der Waals surface area contributed by atoms with Crippen molar-refractivity contribution in [2.75, 3.05) is 6.61 Å². The van der Waals surface area contributed by atoms with Crippen molar-refractivity contribution >= 4 is 23.2 Å². The van der Waals surface area contributed by atoms with E-state index < -0.39 is 5.97 Å². The Morgan fingerprint density at radius 1 is 1.19 bits per heavy atom. The van der Waals surface area contributed by atoms with E-state index in [1.54, 1.807) is 25.2 Å². The van der Waals surface area contributed by atoms with E-state index in [0.29, 0.717) is 11.5 Å². The molecule has 3 rings (SSSR count). The molecule has 134 valence electrons. The van der Waals surface area contributed by atoms with Gasteiger partial charge in [-0.1, -0.05) is 41.6 Å². The monoisotopic (exact) mass is 370 g/mol. The van der Waals surface area contributed by atoms with Crippen molar-refractivity contribution < 1.29 is 18.8 Å². The zero-order valence-corrected chi connectivity index (χ0v) is 15.2. The SMILES string of the molecule is Cc1noc(C)c1C(=O)OCC(=O)NC(c1ccccc1)c1cccs1. The number of nitrogens with one attached hydrogen (secondary N) is 1. The number of hydrogen-bond acceptors (Lipinski definition) is 6. The van der Waals surface area contributed by atoms with E-state index in [9.17, 15) is 9.59 Å². The summed E-state index contributed by atoms with van der Waals surface area (Å²) in [7, 11) is 0. The summed E-state index contributed by atoms with van der Waals surface area (Å²) in [5.74, 6) is -0.634. The molecule has 0 saturated heterocycles. The summed E-state index contributed by atoms with van der Waals surface area (Å²) >= 11 is 1.55. The Morgan fingerprint density at radius 2 is 1.96 bits per heavy atom. The van der Waals surface area contributed by atoms with Crippen LogP contribution in [0.4, 0.5) is 0 Å². The van der Waals surface area contributed by atoms with Crippen molar-refractivity contribution in [1.29, 1.82) is 0 Å². The van der Waals surface area contributed by atoms with Crippen LogP contribution in [0.1, 0.15) is 38.3 Å². The fourth-order valence-electron chi connectivity index (χ4n) is 2.60. The number of carbonyl (C=O) groups excluding carboxylic acids is 2. The number of aryl methyl sites for hydroxylation is 2. The molecular formula is C19H18N2O4S. The molecule has 3 aromatic rings. The van der Waals surface area contributed by atoms with Crippen LogP contribution in [0.15, 0.2) is 52.4 Å². The van der Waals surface area contributed by atoms with Gasteiger partial charge in [-0.2, -0.15) is 0 Å². The van der Waals surface area contributed by atoms with Crippen LogP contribution in [-0.4, -0.2) is 23.6 Å². The number of ether oxygens (including phenoxy) is 1. The Morgan fingerprint density at radius 3 is 2.58 bits per heavy atom. The lowest BCUT2D eigenvalue weighted by Crippen LogP contribution is -2.32. The third-order valence-electron chi connectivity index (χ3n) is 3.84. The fourth-order valence-corrected chi connectivity index (χ4v) is 3.40. The van der Waals surface area contributed by atoms with Crippen molar-refractivity contribution in [3.63, 3.8) is 0 Å². The predicted molar refractivity (Wildman–Crippen MR) is 97.0 cm³/mol. The van der Waals surface area contributed by atoms with E-state index in [1.165, 1.54) is 0 Å². The Balaban J connectivity index is 1.66. The minimum atomic E-state index is -0.621. The van der Waals surface area contributed by atoms with Crippen LogP contribution in [0.25, 0.3) is 0 Å². The second kappa shape index (κ2) is 7.97. The Labute approximate surface area is 154 Å². The molecule has 26 heavy (non-hydrogen) atoms. The maximum Gasteiger partial charge on any atom is 0.344 e. The summed E-state index contributed by atoms with van der Waals surface area (Å²) in [6, 6.07) is 13.2. The van der Waals surface area contributed by atoms with Crippen LogP contribution in [0.2, 0.25) is 0 Å². The number of carbonyl (C=O) groups is 2. The molecule has 0 aliphatic carbocycles. The molecule has 0 fully saturated rings. The summed E-state index contributed by atoms with van der Waals surface area (Å²) in [6.07, 6.45) is 0. The first kappa shape index (κ1) is 17.9. The first-order valence-electron chi connectivity index (χ1n) is 8.04. The molecule has 0 aliphatic rings. The summed E-state index contributed by atoms with van der Waals surface area (Å²) in [5.41, 5.74) is 1.66. The Kier molecular flexibility index (Phi) is 5.48. The highest BCUT2D eigenvalue weighted by molar-refractivity contribution is 7.10. The molecule has 1 amide bonds. The Bertz CT molecular complexity index is 868. The van der Waals surface area contributed by atoms with Crippen molar-refractivity contribution in [2.45, 2.75) is 19.9 Å². The smallest absolute Gasteiger partial charge is 0.344 e. The highest BCUT2D eigenvalue weighted by Crippen LogP contribution is 2.25. The molecule has 1 atom stereocenters. The van der Waals surface area contributed by atoms with Gasteiger partial charge in [0.15, 0.2) is 6.61 Å². The molecule has 0 spiro atoms. The van der Waals surface area contributed by atoms with Gasteiger partial charge in [-0.25, -0.2) is 4.79 Å². The third kappa shape index (κ3) is 4.00. The van der Waals surface area contributed by atoms with E-state index in [1.807, 2.05) is 47.8 Å². The number of aromatic nitrogens is 1. The largest absolute Gasteiger partial charge is 0.452 e. The number of nitrogens with zero attached hydrogens (tertiary/aromatic N) is 1. The number of thiophene rings is 1. The van der Waals surface area contributed by atoms with Crippen molar-refractivity contribution in [2.24, 2.45) is 0 Å². The number of hydrogen-bond donors (Lipinski definition) is 1. The van der Waals surface area contributed by atoms with Crippen LogP contribution in [0, 0.1) is 13.8 Å². The lowest BCUT2D eigenvalue weighted by Gasteiger charge is -2.18. The number of benzene rings is 1. The van der Waals surface area contributed by atoms with Crippen LogP contribution in [0.3, 0.4) is 0 Å². The standard InChI is InChI=1S/C19H18N2O4S/c1-12-17(13(2)25-21-12)19(23)24-11-16(22)20-18(15-9-6-10-26-15)14-7-4-3-5-8-14/h3-10,18H,11H2,1-2H3,(H,20,22). The summed E-state index contributed by atoms with van der Waals surface area (Å²) < 4.78 is 10.1. The summed E-state index contributed by atoms with van der Waals surface area (Å²) in [5, 5.41) is 8.59.